The van der Waals surface area contributed by atoms with Crippen molar-refractivity contribution in [2.24, 2.45) is 5.73 Å². The van der Waals surface area contributed by atoms with Gasteiger partial charge in [-0.25, -0.2) is 4.79 Å². The molecule has 0 bridgehead atoms. The van der Waals surface area contributed by atoms with E-state index in [1.165, 1.54) is 12.1 Å². The summed E-state index contributed by atoms with van der Waals surface area (Å²) in [4.78, 5) is 47.6. The molecule has 32 heavy (non-hydrogen) atoms. The second kappa shape index (κ2) is 10.0. The van der Waals surface area contributed by atoms with Gasteiger partial charge in [0.15, 0.2) is 11.5 Å². The van der Waals surface area contributed by atoms with Crippen LogP contribution in [0.3, 0.4) is 0 Å². The summed E-state index contributed by atoms with van der Waals surface area (Å²) in [5.41, 5.74) is 12.3. The van der Waals surface area contributed by atoms with Crippen LogP contribution in [0, 0.1) is 0 Å². The van der Waals surface area contributed by atoms with E-state index in [0.717, 1.165) is 6.07 Å². The van der Waals surface area contributed by atoms with E-state index in [9.17, 15) is 24.3 Å². The minimum absolute atomic E-state index is 0. The third-order valence-electron chi connectivity index (χ3n) is 4.81. The number of primary amides is 1. The van der Waals surface area contributed by atoms with Crippen LogP contribution in [-0.2, 0) is 16.0 Å². The topological polar surface area (TPSA) is 179 Å². The number of benzene rings is 2. The number of carboxylic acid groups (broad SMARTS) is 2. The monoisotopic (exact) mass is 464 g/mol. The maximum absolute atomic E-state index is 12.8. The quantitative estimate of drug-likeness (QED) is 0.292. The zero-order valence-corrected chi connectivity index (χ0v) is 17.5. The maximum atomic E-state index is 12.8. The van der Waals surface area contributed by atoms with E-state index in [0.29, 0.717) is 24.1 Å². The average Bonchev–Trinajstić information content (AvgIpc) is 2.69. The number of aliphatic carboxylic acids is 2. The van der Waals surface area contributed by atoms with Gasteiger partial charge in [0.1, 0.15) is 0 Å². The highest BCUT2D eigenvalue weighted by atomic mass is 35.5. The number of esters is 1. The van der Waals surface area contributed by atoms with Crippen LogP contribution in [0.5, 0.6) is 11.5 Å². The van der Waals surface area contributed by atoms with Gasteiger partial charge in [-0.05, 0) is 54.3 Å². The fraction of sp³-hybridized carbons (Fsp3) is 0.238. The van der Waals surface area contributed by atoms with Gasteiger partial charge < -0.3 is 31.2 Å². The molecule has 1 aliphatic heterocycles. The lowest BCUT2D eigenvalue weighted by Crippen LogP contribution is -2.21. The van der Waals surface area contributed by atoms with Crippen LogP contribution in [-0.4, -0.2) is 40.6 Å². The van der Waals surface area contributed by atoms with Crippen molar-refractivity contribution in [3.8, 4) is 11.5 Å². The molecule has 1 amide bonds. The van der Waals surface area contributed by atoms with Gasteiger partial charge in [-0.3, -0.25) is 14.4 Å². The van der Waals surface area contributed by atoms with Gasteiger partial charge >= 0.3 is 17.9 Å². The van der Waals surface area contributed by atoms with E-state index in [1.54, 1.807) is 12.1 Å². The zero-order chi connectivity index (χ0) is 22.7. The number of hydrogen-bond acceptors (Lipinski definition) is 7. The highest BCUT2D eigenvalue weighted by Crippen LogP contribution is 2.37. The number of nitrogen functional groups attached to an aromatic ring is 1. The first-order valence-electron chi connectivity index (χ1n) is 9.33. The van der Waals surface area contributed by atoms with Gasteiger partial charge in [0.25, 0.3) is 5.91 Å². The molecule has 1 aliphatic rings. The van der Waals surface area contributed by atoms with Crippen LogP contribution in [0.2, 0.25) is 0 Å². The standard InChI is InChI=1S/C21H20N2O8.ClH/c22-12-3-4-13-10(6-12)2-1-5-30-18-15(19(23)26)7-11(8-16(18)31-21(13)29)14(20(27)28)9-17(24)25;/h3-4,6-8,14H,1-2,5,9,22H2,(H2,23,26)(H,24,25)(H,27,28);1H. The van der Waals surface area contributed by atoms with Crippen molar-refractivity contribution in [1.82, 2.24) is 0 Å². The van der Waals surface area contributed by atoms with Gasteiger partial charge in [0, 0.05) is 5.69 Å². The number of nitrogens with two attached hydrogens (primary N) is 2. The van der Waals surface area contributed by atoms with E-state index < -0.39 is 36.2 Å². The minimum atomic E-state index is -1.50. The molecule has 0 saturated heterocycles. The molecule has 0 saturated carbocycles. The van der Waals surface area contributed by atoms with E-state index in [1.807, 2.05) is 0 Å². The van der Waals surface area contributed by atoms with Crippen LogP contribution in [0.25, 0.3) is 0 Å². The molecule has 11 heteroatoms. The molecule has 3 rings (SSSR count). The number of rotatable bonds is 5. The summed E-state index contributed by atoms with van der Waals surface area (Å²) in [6.07, 6.45) is 0.206. The molecule has 6 N–H and O–H groups in total. The van der Waals surface area contributed by atoms with Crippen LogP contribution in [0.15, 0.2) is 30.3 Å². The Bertz CT molecular complexity index is 1090. The fourth-order valence-corrected chi connectivity index (χ4v) is 3.37. The maximum Gasteiger partial charge on any atom is 0.343 e. The van der Waals surface area contributed by atoms with E-state index in [2.05, 4.69) is 0 Å². The molecule has 0 spiro atoms. The first kappa shape index (κ1) is 24.5. The molecule has 0 aromatic heterocycles. The fourth-order valence-electron chi connectivity index (χ4n) is 3.37. The summed E-state index contributed by atoms with van der Waals surface area (Å²) in [5.74, 6) is -6.32. The lowest BCUT2D eigenvalue weighted by Gasteiger charge is -2.20. The lowest BCUT2D eigenvalue weighted by molar-refractivity contribution is -0.145. The van der Waals surface area contributed by atoms with Crippen LogP contribution >= 0.6 is 12.4 Å². The molecule has 0 fully saturated rings. The zero-order valence-electron chi connectivity index (χ0n) is 16.7. The summed E-state index contributed by atoms with van der Waals surface area (Å²) < 4.78 is 11.1. The Morgan fingerprint density at radius 2 is 1.84 bits per heavy atom. The highest BCUT2D eigenvalue weighted by molar-refractivity contribution is 5.99. The molecule has 10 nitrogen and oxygen atoms in total. The second-order valence-corrected chi connectivity index (χ2v) is 7.01. The van der Waals surface area contributed by atoms with Crippen LogP contribution in [0.1, 0.15) is 50.6 Å². The molecule has 1 atom stereocenters. The van der Waals surface area contributed by atoms with Crippen molar-refractivity contribution in [3.63, 3.8) is 0 Å². The number of carbonyl (C=O) groups excluding carboxylic acids is 2. The lowest BCUT2D eigenvalue weighted by atomic mass is 9.93. The van der Waals surface area contributed by atoms with Gasteiger partial charge in [0.2, 0.25) is 0 Å². The Morgan fingerprint density at radius 1 is 1.12 bits per heavy atom. The molecular formula is C21H21ClN2O8. The van der Waals surface area contributed by atoms with E-state index in [-0.39, 0.29) is 47.2 Å². The number of carbonyl (C=O) groups is 4. The second-order valence-electron chi connectivity index (χ2n) is 7.01. The number of fused-ring (bicyclic) bond motifs is 2. The van der Waals surface area contributed by atoms with Crippen LogP contribution < -0.4 is 20.9 Å². The van der Waals surface area contributed by atoms with Gasteiger partial charge in [0.05, 0.1) is 30.1 Å². The summed E-state index contributed by atoms with van der Waals surface area (Å²) >= 11 is 0. The predicted octanol–water partition coefficient (Wildman–Crippen LogP) is 1.98. The van der Waals surface area contributed by atoms with Gasteiger partial charge in [-0.1, -0.05) is 0 Å². The number of amides is 1. The Morgan fingerprint density at radius 3 is 2.47 bits per heavy atom. The molecule has 2 aromatic carbocycles. The summed E-state index contributed by atoms with van der Waals surface area (Å²) in [5, 5.41) is 18.5. The third-order valence-corrected chi connectivity index (χ3v) is 4.81. The highest BCUT2D eigenvalue weighted by Gasteiger charge is 2.29. The molecule has 0 aliphatic carbocycles. The molecule has 170 valence electrons. The Hall–Kier alpha value is -3.79. The molecule has 1 unspecified atom stereocenters. The van der Waals surface area contributed by atoms with Crippen molar-refractivity contribution in [2.45, 2.75) is 25.2 Å². The number of anilines is 1. The predicted molar refractivity (Wildman–Crippen MR) is 114 cm³/mol. The van der Waals surface area contributed by atoms with Crippen molar-refractivity contribution < 1.29 is 38.9 Å². The Kier molecular flexibility index (Phi) is 7.66. The van der Waals surface area contributed by atoms with Crippen molar-refractivity contribution in [1.29, 1.82) is 0 Å². The van der Waals surface area contributed by atoms with E-state index in [4.69, 9.17) is 26.0 Å². The van der Waals surface area contributed by atoms with Crippen molar-refractivity contribution in [2.75, 3.05) is 12.3 Å². The molecule has 2 aromatic rings. The Balaban J connectivity index is 0.00000363. The largest absolute Gasteiger partial charge is 0.489 e. The number of hydrogen-bond donors (Lipinski definition) is 4. The first-order chi connectivity index (χ1) is 14.7. The molecule has 0 radical (unpaired) electrons. The average molecular weight is 465 g/mol. The SMILES string of the molecule is Cl.NC(=O)c1cc(C(CC(=O)O)C(=O)O)cc2c1OCCCc1cc(N)ccc1C(=O)O2. The van der Waals surface area contributed by atoms with E-state index >= 15 is 0 Å². The normalized spacial score (nSPS) is 13.8. The Labute approximate surface area is 188 Å². The van der Waals surface area contributed by atoms with Crippen molar-refractivity contribution >= 4 is 41.9 Å². The molecular weight excluding hydrogens is 444 g/mol. The number of ether oxygens (including phenoxy) is 2. The smallest absolute Gasteiger partial charge is 0.343 e. The summed E-state index contributed by atoms with van der Waals surface area (Å²) in [7, 11) is 0. The van der Waals surface area contributed by atoms with Crippen molar-refractivity contribution in [3.05, 3.63) is 52.6 Å². The number of halogens is 1. The molecule has 1 heterocycles. The van der Waals surface area contributed by atoms with Crippen LogP contribution in [0.4, 0.5) is 5.69 Å². The number of aryl methyl sites for hydroxylation is 1. The first-order valence-corrected chi connectivity index (χ1v) is 9.33. The summed E-state index contributed by atoms with van der Waals surface area (Å²) in [6.45, 7) is 0.149. The van der Waals surface area contributed by atoms with Gasteiger partial charge in [-0.2, -0.15) is 0 Å². The number of carboxylic acids is 2. The summed E-state index contributed by atoms with van der Waals surface area (Å²) in [6, 6.07) is 7.04. The van der Waals surface area contributed by atoms with Gasteiger partial charge in [-0.15, -0.1) is 12.4 Å². The minimum Gasteiger partial charge on any atom is -0.489 e. The third kappa shape index (κ3) is 5.27.